The maximum Gasteiger partial charge on any atom is 0.307 e. The van der Waals surface area contributed by atoms with Gasteiger partial charge in [0, 0.05) is 48.8 Å². The first-order valence-corrected chi connectivity index (χ1v) is 12.3. The average molecular weight is 494 g/mol. The second-order valence-electron chi connectivity index (χ2n) is 9.85. The lowest BCUT2D eigenvalue weighted by atomic mass is 9.94. The van der Waals surface area contributed by atoms with Crippen molar-refractivity contribution < 1.29 is 13.9 Å². The van der Waals surface area contributed by atoms with Crippen LogP contribution in [-0.4, -0.2) is 29.2 Å². The van der Waals surface area contributed by atoms with Crippen molar-refractivity contribution in [1.82, 2.24) is 14.9 Å². The number of carbonyl (C=O) groups is 1. The van der Waals surface area contributed by atoms with Gasteiger partial charge in [0.15, 0.2) is 0 Å². The maximum absolute atomic E-state index is 14.4. The zero-order chi connectivity index (χ0) is 26.4. The third-order valence-electron chi connectivity index (χ3n) is 6.49. The number of methoxy groups -OCH3 is 1. The fourth-order valence-corrected chi connectivity index (χ4v) is 4.63. The van der Waals surface area contributed by atoms with Gasteiger partial charge in [0.05, 0.1) is 13.5 Å². The van der Waals surface area contributed by atoms with Crippen LogP contribution < -0.4 is 10.9 Å². The quantitative estimate of drug-likeness (QED) is 0.380. The Kier molecular flexibility index (Phi) is 9.15. The predicted octanol–water partition coefficient (Wildman–Crippen LogP) is 5.46. The molecule has 0 aliphatic rings. The van der Waals surface area contributed by atoms with Crippen LogP contribution in [0.3, 0.4) is 0 Å². The van der Waals surface area contributed by atoms with Crippen LogP contribution in [0.2, 0.25) is 0 Å². The predicted molar refractivity (Wildman–Crippen MR) is 140 cm³/mol. The maximum atomic E-state index is 14.4. The van der Waals surface area contributed by atoms with E-state index in [4.69, 9.17) is 4.74 Å². The first-order chi connectivity index (χ1) is 17.1. The molecule has 0 fully saturated rings. The Morgan fingerprint density at radius 2 is 1.81 bits per heavy atom. The molecule has 3 rings (SSSR count). The molecule has 0 unspecified atom stereocenters. The molecule has 2 heterocycles. The monoisotopic (exact) mass is 493 g/mol. The SMILES string of the molecule is COC(=O)C[C@H](NC[C@H](CC(C)C)n1cc(F)c(C)cc1=O)c1cncc(-c2c(C)cccc2C)c1. The highest BCUT2D eigenvalue weighted by Crippen LogP contribution is 2.29. The highest BCUT2D eigenvalue weighted by molar-refractivity contribution is 5.72. The minimum Gasteiger partial charge on any atom is -0.469 e. The largest absolute Gasteiger partial charge is 0.469 e. The number of hydrogen-bond acceptors (Lipinski definition) is 5. The summed E-state index contributed by atoms with van der Waals surface area (Å²) in [6, 6.07) is 8.84. The van der Waals surface area contributed by atoms with Gasteiger partial charge >= 0.3 is 5.97 Å². The summed E-state index contributed by atoms with van der Waals surface area (Å²) in [5, 5.41) is 3.45. The van der Waals surface area contributed by atoms with Crippen molar-refractivity contribution in [3.05, 3.63) is 87.3 Å². The summed E-state index contributed by atoms with van der Waals surface area (Å²) in [7, 11) is 1.36. The summed E-state index contributed by atoms with van der Waals surface area (Å²) in [5.74, 6) is -0.495. The number of esters is 1. The molecule has 0 aliphatic heterocycles. The second-order valence-corrected chi connectivity index (χ2v) is 9.85. The lowest BCUT2D eigenvalue weighted by Gasteiger charge is -2.26. The van der Waals surface area contributed by atoms with Crippen LogP contribution in [0.1, 0.15) is 61.0 Å². The molecular weight excluding hydrogens is 457 g/mol. The molecule has 0 radical (unpaired) electrons. The minimum atomic E-state index is -0.417. The highest BCUT2D eigenvalue weighted by Gasteiger charge is 2.22. The zero-order valence-electron chi connectivity index (χ0n) is 22.0. The summed E-state index contributed by atoms with van der Waals surface area (Å²) in [4.78, 5) is 29.5. The summed E-state index contributed by atoms with van der Waals surface area (Å²) < 4.78 is 20.8. The van der Waals surface area contributed by atoms with Crippen molar-refractivity contribution in [1.29, 1.82) is 0 Å². The first kappa shape index (κ1) is 27.3. The van der Waals surface area contributed by atoms with Gasteiger partial charge in [-0.25, -0.2) is 4.39 Å². The van der Waals surface area contributed by atoms with E-state index in [0.717, 1.165) is 27.8 Å². The molecule has 2 atom stereocenters. The topological polar surface area (TPSA) is 73.2 Å². The average Bonchev–Trinajstić information content (AvgIpc) is 2.83. The fraction of sp³-hybridized carbons (Fsp3) is 0.414. The Bertz CT molecular complexity index is 1250. The number of halogens is 1. The number of nitrogens with zero attached hydrogens (tertiary/aromatic N) is 2. The van der Waals surface area contributed by atoms with Gasteiger partial charge in [-0.05, 0) is 67.0 Å². The molecular formula is C29H36FN3O3. The van der Waals surface area contributed by atoms with Crippen LogP contribution in [0.15, 0.2) is 53.7 Å². The van der Waals surface area contributed by atoms with Crippen molar-refractivity contribution in [3.63, 3.8) is 0 Å². The number of pyridine rings is 2. The summed E-state index contributed by atoms with van der Waals surface area (Å²) in [5.41, 5.74) is 5.29. The third-order valence-corrected chi connectivity index (χ3v) is 6.49. The molecule has 0 amide bonds. The van der Waals surface area contributed by atoms with Crippen LogP contribution in [0.25, 0.3) is 11.1 Å². The molecule has 36 heavy (non-hydrogen) atoms. The third kappa shape index (κ3) is 6.66. The van der Waals surface area contributed by atoms with Gasteiger partial charge < -0.3 is 14.6 Å². The molecule has 192 valence electrons. The molecule has 0 bridgehead atoms. The Morgan fingerprint density at radius 1 is 1.11 bits per heavy atom. The van der Waals surface area contributed by atoms with Crippen LogP contribution in [0, 0.1) is 32.5 Å². The zero-order valence-corrected chi connectivity index (χ0v) is 22.0. The number of benzene rings is 1. The van der Waals surface area contributed by atoms with Gasteiger partial charge in [-0.3, -0.25) is 14.6 Å². The summed E-state index contributed by atoms with van der Waals surface area (Å²) in [6.45, 7) is 10.2. The Labute approximate surface area is 212 Å². The number of hydrogen-bond donors (Lipinski definition) is 1. The van der Waals surface area contributed by atoms with Gasteiger partial charge in [-0.1, -0.05) is 32.0 Å². The molecule has 0 spiro atoms. The number of carbonyl (C=O) groups excluding carboxylic acids is 1. The van der Waals surface area contributed by atoms with Gasteiger partial charge in [0.2, 0.25) is 0 Å². The molecule has 0 aliphatic carbocycles. The van der Waals surface area contributed by atoms with Crippen molar-refractivity contribution in [2.24, 2.45) is 5.92 Å². The second kappa shape index (κ2) is 12.1. The van der Waals surface area contributed by atoms with Crippen molar-refractivity contribution >= 4 is 5.97 Å². The molecule has 1 N–H and O–H groups in total. The minimum absolute atomic E-state index is 0.0972. The number of rotatable bonds is 10. The van der Waals surface area contributed by atoms with Crippen molar-refractivity contribution in [2.45, 2.75) is 59.5 Å². The molecule has 6 nitrogen and oxygen atoms in total. The van der Waals surface area contributed by atoms with Crippen LogP contribution in [0.5, 0.6) is 0 Å². The van der Waals surface area contributed by atoms with Gasteiger partial charge in [0.1, 0.15) is 5.82 Å². The van der Waals surface area contributed by atoms with E-state index in [1.54, 1.807) is 13.1 Å². The van der Waals surface area contributed by atoms with E-state index in [9.17, 15) is 14.0 Å². The number of ether oxygens (including phenoxy) is 1. The smallest absolute Gasteiger partial charge is 0.307 e. The molecule has 7 heteroatoms. The van der Waals surface area contributed by atoms with Crippen LogP contribution >= 0.6 is 0 Å². The molecule has 0 saturated carbocycles. The standard InChI is InChI=1S/C29H36FN3O3/c1-18(2)10-24(33-17-25(30)21(5)11-27(33)34)16-32-26(13-28(35)36-6)22-12-23(15-31-14-22)29-19(3)8-7-9-20(29)4/h7-9,11-12,14-15,17-18,24,26,32H,10,13,16H2,1-6H3/t24-,26-/m0/s1. The summed E-state index contributed by atoms with van der Waals surface area (Å²) >= 11 is 0. The Balaban J connectivity index is 1.95. The number of aromatic nitrogens is 2. The normalized spacial score (nSPS) is 13.0. The van der Waals surface area contributed by atoms with Crippen molar-refractivity contribution in [2.75, 3.05) is 13.7 Å². The lowest BCUT2D eigenvalue weighted by molar-refractivity contribution is -0.141. The molecule has 1 aromatic carbocycles. The molecule has 3 aromatic rings. The Morgan fingerprint density at radius 3 is 2.44 bits per heavy atom. The van der Waals surface area contributed by atoms with E-state index in [-0.39, 0.29) is 29.9 Å². The van der Waals surface area contributed by atoms with Gasteiger partial charge in [-0.15, -0.1) is 0 Å². The summed E-state index contributed by atoms with van der Waals surface area (Å²) in [6.07, 6.45) is 5.61. The van der Waals surface area contributed by atoms with Crippen LogP contribution in [-0.2, 0) is 9.53 Å². The molecule has 2 aromatic heterocycles. The van der Waals surface area contributed by atoms with Gasteiger partial charge in [0.25, 0.3) is 5.56 Å². The van der Waals surface area contributed by atoms with E-state index in [1.807, 2.05) is 18.3 Å². The van der Waals surface area contributed by atoms with Crippen LogP contribution in [0.4, 0.5) is 4.39 Å². The fourth-order valence-electron chi connectivity index (χ4n) is 4.63. The van der Waals surface area contributed by atoms with E-state index in [2.05, 4.69) is 50.1 Å². The van der Waals surface area contributed by atoms with E-state index >= 15 is 0 Å². The van der Waals surface area contributed by atoms with E-state index in [0.29, 0.717) is 18.5 Å². The lowest BCUT2D eigenvalue weighted by Crippen LogP contribution is -2.35. The van der Waals surface area contributed by atoms with Crippen molar-refractivity contribution in [3.8, 4) is 11.1 Å². The number of nitrogens with one attached hydrogen (secondary N) is 1. The molecule has 0 saturated heterocycles. The van der Waals surface area contributed by atoms with Gasteiger partial charge in [-0.2, -0.15) is 0 Å². The first-order valence-electron chi connectivity index (χ1n) is 12.3. The highest BCUT2D eigenvalue weighted by atomic mass is 19.1. The Hall–Kier alpha value is -3.32. The number of aryl methyl sites for hydroxylation is 3. The van der Waals surface area contributed by atoms with E-state index < -0.39 is 11.9 Å². The van der Waals surface area contributed by atoms with E-state index in [1.165, 1.54) is 23.9 Å².